The molecule has 0 aliphatic rings. The number of benzene rings is 2. The lowest BCUT2D eigenvalue weighted by Crippen LogP contribution is -2.21. The standard InChI is InChI=1S/C14H11Cl2IN2O/c15-9-1-6-12(16)13(7-9)19-14(20)8-18-11-4-2-10(17)3-5-11/h1-7,18H,8H2,(H,19,20). The third-order valence-electron chi connectivity index (χ3n) is 2.50. The van der Waals surface area contributed by atoms with E-state index in [1.807, 2.05) is 24.3 Å². The third-order valence-corrected chi connectivity index (χ3v) is 3.78. The van der Waals surface area contributed by atoms with Crippen LogP contribution in [0.15, 0.2) is 42.5 Å². The number of rotatable bonds is 4. The number of nitrogens with one attached hydrogen (secondary N) is 2. The maximum atomic E-state index is 11.8. The second-order valence-electron chi connectivity index (χ2n) is 4.03. The van der Waals surface area contributed by atoms with Crippen LogP contribution in [0.25, 0.3) is 0 Å². The van der Waals surface area contributed by atoms with Gasteiger partial charge in [0.15, 0.2) is 0 Å². The number of amides is 1. The Bertz CT molecular complexity index is 617. The zero-order chi connectivity index (χ0) is 14.5. The summed E-state index contributed by atoms with van der Waals surface area (Å²) in [7, 11) is 0. The monoisotopic (exact) mass is 420 g/mol. The van der Waals surface area contributed by atoms with E-state index in [2.05, 4.69) is 33.2 Å². The molecule has 0 aliphatic carbocycles. The van der Waals surface area contributed by atoms with Gasteiger partial charge in [-0.3, -0.25) is 4.79 Å². The van der Waals surface area contributed by atoms with E-state index >= 15 is 0 Å². The SMILES string of the molecule is O=C(CNc1ccc(I)cc1)Nc1cc(Cl)ccc1Cl. The van der Waals surface area contributed by atoms with E-state index in [1.165, 1.54) is 0 Å². The van der Waals surface area contributed by atoms with Gasteiger partial charge in [0.2, 0.25) is 5.91 Å². The summed E-state index contributed by atoms with van der Waals surface area (Å²) in [6.45, 7) is 0.156. The molecule has 0 fully saturated rings. The highest BCUT2D eigenvalue weighted by Gasteiger charge is 2.06. The van der Waals surface area contributed by atoms with Crippen molar-refractivity contribution in [3.05, 3.63) is 56.1 Å². The van der Waals surface area contributed by atoms with Crippen LogP contribution in [0.2, 0.25) is 10.0 Å². The van der Waals surface area contributed by atoms with E-state index in [0.717, 1.165) is 9.26 Å². The van der Waals surface area contributed by atoms with Crippen LogP contribution in [0.4, 0.5) is 11.4 Å². The van der Waals surface area contributed by atoms with Gasteiger partial charge in [-0.1, -0.05) is 23.2 Å². The molecule has 2 N–H and O–H groups in total. The molecule has 0 spiro atoms. The molecule has 0 aliphatic heterocycles. The third kappa shape index (κ3) is 4.54. The molecule has 2 aromatic rings. The molecule has 0 unspecified atom stereocenters. The van der Waals surface area contributed by atoms with Crippen molar-refractivity contribution in [2.24, 2.45) is 0 Å². The van der Waals surface area contributed by atoms with Gasteiger partial charge in [-0.2, -0.15) is 0 Å². The van der Waals surface area contributed by atoms with E-state index in [4.69, 9.17) is 23.2 Å². The number of anilines is 2. The Morgan fingerprint density at radius 1 is 1.10 bits per heavy atom. The molecule has 0 radical (unpaired) electrons. The van der Waals surface area contributed by atoms with Crippen molar-refractivity contribution in [2.75, 3.05) is 17.2 Å². The lowest BCUT2D eigenvalue weighted by atomic mass is 10.3. The zero-order valence-corrected chi connectivity index (χ0v) is 14.0. The molecular weight excluding hydrogens is 410 g/mol. The van der Waals surface area contributed by atoms with Crippen LogP contribution in [-0.4, -0.2) is 12.5 Å². The fourth-order valence-electron chi connectivity index (χ4n) is 1.54. The molecule has 6 heteroatoms. The van der Waals surface area contributed by atoms with E-state index in [0.29, 0.717) is 15.7 Å². The maximum absolute atomic E-state index is 11.8. The van der Waals surface area contributed by atoms with Gasteiger partial charge in [0, 0.05) is 14.3 Å². The van der Waals surface area contributed by atoms with Crippen LogP contribution in [0.5, 0.6) is 0 Å². The van der Waals surface area contributed by atoms with Crippen molar-refractivity contribution < 1.29 is 4.79 Å². The van der Waals surface area contributed by atoms with Gasteiger partial charge in [-0.05, 0) is 65.1 Å². The average molecular weight is 421 g/mol. The maximum Gasteiger partial charge on any atom is 0.243 e. The summed E-state index contributed by atoms with van der Waals surface area (Å²) < 4.78 is 1.14. The average Bonchev–Trinajstić information content (AvgIpc) is 2.42. The summed E-state index contributed by atoms with van der Waals surface area (Å²) in [5.74, 6) is -0.187. The number of halogens is 3. The molecule has 0 bridgehead atoms. The highest BCUT2D eigenvalue weighted by atomic mass is 127. The Hall–Kier alpha value is -0.980. The first-order chi connectivity index (χ1) is 9.54. The van der Waals surface area contributed by atoms with Crippen molar-refractivity contribution in [1.29, 1.82) is 0 Å². The number of carbonyl (C=O) groups excluding carboxylic acids is 1. The van der Waals surface area contributed by atoms with Gasteiger partial charge in [-0.15, -0.1) is 0 Å². The summed E-state index contributed by atoms with van der Waals surface area (Å²) in [6.07, 6.45) is 0. The summed E-state index contributed by atoms with van der Waals surface area (Å²) in [6, 6.07) is 12.7. The molecular formula is C14H11Cl2IN2O. The van der Waals surface area contributed by atoms with E-state index in [1.54, 1.807) is 18.2 Å². The van der Waals surface area contributed by atoms with Gasteiger partial charge in [0.05, 0.1) is 17.3 Å². The van der Waals surface area contributed by atoms with Crippen molar-refractivity contribution in [1.82, 2.24) is 0 Å². The molecule has 0 saturated heterocycles. The van der Waals surface area contributed by atoms with Crippen LogP contribution in [-0.2, 0) is 4.79 Å². The van der Waals surface area contributed by atoms with Crippen LogP contribution in [0.3, 0.4) is 0 Å². The highest BCUT2D eigenvalue weighted by Crippen LogP contribution is 2.25. The summed E-state index contributed by atoms with van der Waals surface area (Å²) in [5, 5.41) is 6.73. The van der Waals surface area contributed by atoms with Crippen molar-refractivity contribution in [3.63, 3.8) is 0 Å². The quantitative estimate of drug-likeness (QED) is 0.707. The Kier molecular flexibility index (Phi) is 5.51. The second-order valence-corrected chi connectivity index (χ2v) is 6.12. The fourth-order valence-corrected chi connectivity index (χ4v) is 2.23. The first-order valence-electron chi connectivity index (χ1n) is 5.79. The minimum Gasteiger partial charge on any atom is -0.376 e. The number of carbonyl (C=O) groups is 1. The Morgan fingerprint density at radius 3 is 2.50 bits per heavy atom. The number of hydrogen-bond donors (Lipinski definition) is 2. The van der Waals surface area contributed by atoms with Crippen LogP contribution >= 0.6 is 45.8 Å². The molecule has 1 amide bonds. The minimum atomic E-state index is -0.187. The minimum absolute atomic E-state index is 0.156. The summed E-state index contributed by atoms with van der Waals surface area (Å²) >= 11 is 14.1. The Morgan fingerprint density at radius 2 is 1.80 bits per heavy atom. The molecule has 104 valence electrons. The fraction of sp³-hybridized carbons (Fsp3) is 0.0714. The Labute approximate surface area is 140 Å². The largest absolute Gasteiger partial charge is 0.376 e. The lowest BCUT2D eigenvalue weighted by molar-refractivity contribution is -0.114. The first kappa shape index (κ1) is 15.4. The summed E-state index contributed by atoms with van der Waals surface area (Å²) in [5.41, 5.74) is 1.39. The smallest absolute Gasteiger partial charge is 0.243 e. The van der Waals surface area contributed by atoms with Gasteiger partial charge >= 0.3 is 0 Å². The van der Waals surface area contributed by atoms with Crippen LogP contribution in [0.1, 0.15) is 0 Å². The topological polar surface area (TPSA) is 41.1 Å². The van der Waals surface area contributed by atoms with E-state index < -0.39 is 0 Å². The van der Waals surface area contributed by atoms with E-state index in [9.17, 15) is 4.79 Å². The zero-order valence-electron chi connectivity index (χ0n) is 10.3. The molecule has 3 nitrogen and oxygen atoms in total. The number of hydrogen-bond acceptors (Lipinski definition) is 2. The normalized spacial score (nSPS) is 10.2. The van der Waals surface area contributed by atoms with Gasteiger partial charge in [0.1, 0.15) is 0 Å². The van der Waals surface area contributed by atoms with Gasteiger partial charge in [0.25, 0.3) is 0 Å². The molecule has 0 saturated carbocycles. The van der Waals surface area contributed by atoms with Crippen LogP contribution < -0.4 is 10.6 Å². The van der Waals surface area contributed by atoms with Gasteiger partial charge in [-0.25, -0.2) is 0 Å². The Balaban J connectivity index is 1.92. The van der Waals surface area contributed by atoms with Gasteiger partial charge < -0.3 is 10.6 Å². The van der Waals surface area contributed by atoms with Crippen molar-refractivity contribution >= 4 is 63.1 Å². The summed E-state index contributed by atoms with van der Waals surface area (Å²) in [4.78, 5) is 11.8. The molecule has 0 atom stereocenters. The van der Waals surface area contributed by atoms with Crippen LogP contribution in [0, 0.1) is 3.57 Å². The molecule has 20 heavy (non-hydrogen) atoms. The molecule has 2 rings (SSSR count). The molecule has 0 aromatic heterocycles. The predicted octanol–water partition coefficient (Wildman–Crippen LogP) is 4.65. The van der Waals surface area contributed by atoms with Crippen molar-refractivity contribution in [2.45, 2.75) is 0 Å². The van der Waals surface area contributed by atoms with E-state index in [-0.39, 0.29) is 12.5 Å². The second kappa shape index (κ2) is 7.15. The lowest BCUT2D eigenvalue weighted by Gasteiger charge is -2.09. The predicted molar refractivity (Wildman–Crippen MR) is 92.7 cm³/mol. The van der Waals surface area contributed by atoms with Crippen molar-refractivity contribution in [3.8, 4) is 0 Å². The molecule has 0 heterocycles. The first-order valence-corrected chi connectivity index (χ1v) is 7.62. The molecule has 2 aromatic carbocycles. The highest BCUT2D eigenvalue weighted by molar-refractivity contribution is 14.1.